The number of rotatable bonds is 1. The molecule has 0 aromatic rings. The average Bonchev–Trinajstić information content (AvgIpc) is 2.19. The van der Waals surface area contributed by atoms with Crippen molar-refractivity contribution in [2.45, 2.75) is 26.8 Å². The summed E-state index contributed by atoms with van der Waals surface area (Å²) in [7, 11) is 0. The average molecular weight is 152 g/mol. The molecule has 1 saturated heterocycles. The van der Waals surface area contributed by atoms with Gasteiger partial charge in [-0.1, -0.05) is 13.8 Å². The molecule has 0 spiro atoms. The summed E-state index contributed by atoms with van der Waals surface area (Å²) < 4.78 is 0. The molecule has 3 atom stereocenters. The summed E-state index contributed by atoms with van der Waals surface area (Å²) >= 11 is 0. The summed E-state index contributed by atoms with van der Waals surface area (Å²) in [6, 6.07) is 2.79. The molecule has 1 fully saturated rings. The van der Waals surface area contributed by atoms with E-state index >= 15 is 0 Å². The fourth-order valence-electron chi connectivity index (χ4n) is 1.81. The number of hydrogen-bond acceptors (Lipinski definition) is 2. The summed E-state index contributed by atoms with van der Waals surface area (Å²) in [5.74, 6) is 1.49. The molecule has 0 saturated carbocycles. The van der Waals surface area contributed by atoms with Crippen LogP contribution in [0.1, 0.15) is 20.8 Å². The lowest BCUT2D eigenvalue weighted by atomic mass is 9.95. The molecule has 0 amide bonds. The van der Waals surface area contributed by atoms with Crippen LogP contribution in [-0.4, -0.2) is 24.0 Å². The third kappa shape index (κ3) is 1.54. The summed E-state index contributed by atoms with van der Waals surface area (Å²) in [5, 5.41) is 8.53. The minimum Gasteiger partial charge on any atom is -0.287 e. The van der Waals surface area contributed by atoms with E-state index in [1.54, 1.807) is 0 Å². The Balaban J connectivity index is 2.54. The molecule has 11 heavy (non-hydrogen) atoms. The van der Waals surface area contributed by atoms with E-state index in [0.29, 0.717) is 12.6 Å². The van der Waals surface area contributed by atoms with E-state index in [9.17, 15) is 0 Å². The standard InChI is InChI=1S/C9H16N2/c1-7-6-11(5-4-10)9(3)8(7)2/h7-9H,5-6H2,1-3H3. The van der Waals surface area contributed by atoms with E-state index in [-0.39, 0.29) is 0 Å². The van der Waals surface area contributed by atoms with Gasteiger partial charge in [0.25, 0.3) is 0 Å². The molecule has 0 bridgehead atoms. The Morgan fingerprint density at radius 2 is 2.09 bits per heavy atom. The van der Waals surface area contributed by atoms with Crippen LogP contribution in [0.15, 0.2) is 0 Å². The van der Waals surface area contributed by atoms with Gasteiger partial charge >= 0.3 is 0 Å². The second-order valence-electron chi connectivity index (χ2n) is 3.66. The maximum atomic E-state index is 8.53. The quantitative estimate of drug-likeness (QED) is 0.532. The van der Waals surface area contributed by atoms with Crippen LogP contribution >= 0.6 is 0 Å². The first-order valence-corrected chi connectivity index (χ1v) is 4.27. The van der Waals surface area contributed by atoms with Gasteiger partial charge in [-0.15, -0.1) is 0 Å². The molecule has 1 aliphatic heterocycles. The lowest BCUT2D eigenvalue weighted by Crippen LogP contribution is -2.29. The summed E-state index contributed by atoms with van der Waals surface area (Å²) in [6.45, 7) is 8.43. The number of nitrogens with zero attached hydrogens (tertiary/aromatic N) is 2. The van der Waals surface area contributed by atoms with Crippen molar-refractivity contribution in [3.05, 3.63) is 0 Å². The van der Waals surface area contributed by atoms with Crippen LogP contribution in [-0.2, 0) is 0 Å². The van der Waals surface area contributed by atoms with Crippen molar-refractivity contribution in [1.82, 2.24) is 4.90 Å². The van der Waals surface area contributed by atoms with Crippen LogP contribution in [0.5, 0.6) is 0 Å². The monoisotopic (exact) mass is 152 g/mol. The molecular weight excluding hydrogens is 136 g/mol. The zero-order valence-corrected chi connectivity index (χ0v) is 7.54. The van der Waals surface area contributed by atoms with Gasteiger partial charge in [0, 0.05) is 12.6 Å². The van der Waals surface area contributed by atoms with E-state index < -0.39 is 0 Å². The van der Waals surface area contributed by atoms with Crippen LogP contribution in [0.25, 0.3) is 0 Å². The molecule has 0 aromatic heterocycles. The maximum absolute atomic E-state index is 8.53. The molecule has 3 unspecified atom stereocenters. The minimum absolute atomic E-state index is 0.588. The van der Waals surface area contributed by atoms with Crippen molar-refractivity contribution >= 4 is 0 Å². The molecule has 2 heteroatoms. The highest BCUT2D eigenvalue weighted by molar-refractivity contribution is 4.90. The molecular formula is C9H16N2. The highest BCUT2D eigenvalue weighted by atomic mass is 15.2. The van der Waals surface area contributed by atoms with E-state index in [0.717, 1.165) is 18.4 Å². The van der Waals surface area contributed by atoms with Gasteiger partial charge in [0.2, 0.25) is 0 Å². The molecule has 1 aliphatic rings. The zero-order valence-electron chi connectivity index (χ0n) is 7.54. The smallest absolute Gasteiger partial charge is 0.0868 e. The molecule has 2 nitrogen and oxygen atoms in total. The predicted molar refractivity (Wildman–Crippen MR) is 45.0 cm³/mol. The van der Waals surface area contributed by atoms with E-state index in [1.807, 2.05) is 0 Å². The van der Waals surface area contributed by atoms with Crippen LogP contribution < -0.4 is 0 Å². The Morgan fingerprint density at radius 3 is 2.45 bits per heavy atom. The van der Waals surface area contributed by atoms with Gasteiger partial charge in [-0.25, -0.2) is 0 Å². The Hall–Kier alpha value is -0.550. The number of likely N-dealkylation sites (tertiary alicyclic amines) is 1. The second-order valence-corrected chi connectivity index (χ2v) is 3.66. The first-order chi connectivity index (χ1) is 5.16. The molecule has 1 heterocycles. The van der Waals surface area contributed by atoms with E-state index in [1.165, 1.54) is 0 Å². The largest absolute Gasteiger partial charge is 0.287 e. The highest BCUT2D eigenvalue weighted by Crippen LogP contribution is 2.27. The van der Waals surface area contributed by atoms with Crippen molar-refractivity contribution in [3.8, 4) is 6.07 Å². The first kappa shape index (κ1) is 8.55. The predicted octanol–water partition coefficient (Wildman–Crippen LogP) is 1.49. The van der Waals surface area contributed by atoms with Gasteiger partial charge in [-0.05, 0) is 18.8 Å². The number of nitriles is 1. The van der Waals surface area contributed by atoms with Crippen LogP contribution in [0.2, 0.25) is 0 Å². The van der Waals surface area contributed by atoms with Gasteiger partial charge in [0.15, 0.2) is 0 Å². The molecule has 62 valence electrons. The fraction of sp³-hybridized carbons (Fsp3) is 0.889. The third-order valence-corrected chi connectivity index (χ3v) is 3.03. The van der Waals surface area contributed by atoms with Crippen molar-refractivity contribution < 1.29 is 0 Å². The van der Waals surface area contributed by atoms with Crippen molar-refractivity contribution in [3.63, 3.8) is 0 Å². The lowest BCUT2D eigenvalue weighted by Gasteiger charge is -2.19. The van der Waals surface area contributed by atoms with Crippen molar-refractivity contribution in [2.24, 2.45) is 11.8 Å². The first-order valence-electron chi connectivity index (χ1n) is 4.27. The van der Waals surface area contributed by atoms with E-state index in [4.69, 9.17) is 5.26 Å². The zero-order chi connectivity index (χ0) is 8.43. The van der Waals surface area contributed by atoms with E-state index in [2.05, 4.69) is 31.7 Å². The molecule has 1 rings (SSSR count). The van der Waals surface area contributed by atoms with Crippen LogP contribution in [0, 0.1) is 23.2 Å². The highest BCUT2D eigenvalue weighted by Gasteiger charge is 2.32. The topological polar surface area (TPSA) is 27.0 Å². The normalized spacial score (nSPS) is 38.9. The molecule has 0 N–H and O–H groups in total. The Bertz CT molecular complexity index is 171. The van der Waals surface area contributed by atoms with Gasteiger partial charge in [0.05, 0.1) is 12.6 Å². The second kappa shape index (κ2) is 3.23. The maximum Gasteiger partial charge on any atom is 0.0868 e. The molecule has 0 aliphatic carbocycles. The van der Waals surface area contributed by atoms with Crippen molar-refractivity contribution in [1.29, 1.82) is 5.26 Å². The summed E-state index contributed by atoms with van der Waals surface area (Å²) in [6.07, 6.45) is 0. The summed E-state index contributed by atoms with van der Waals surface area (Å²) in [4.78, 5) is 2.26. The summed E-state index contributed by atoms with van der Waals surface area (Å²) in [5.41, 5.74) is 0. The van der Waals surface area contributed by atoms with Crippen molar-refractivity contribution in [2.75, 3.05) is 13.1 Å². The SMILES string of the molecule is CC1CN(CC#N)C(C)C1C. The van der Waals surface area contributed by atoms with Gasteiger partial charge < -0.3 is 0 Å². The third-order valence-electron chi connectivity index (χ3n) is 3.03. The van der Waals surface area contributed by atoms with Gasteiger partial charge in [0.1, 0.15) is 0 Å². The fourth-order valence-corrected chi connectivity index (χ4v) is 1.81. The minimum atomic E-state index is 0.588. The van der Waals surface area contributed by atoms with Crippen LogP contribution in [0.3, 0.4) is 0 Å². The molecule has 0 aromatic carbocycles. The van der Waals surface area contributed by atoms with Crippen LogP contribution in [0.4, 0.5) is 0 Å². The Kier molecular flexibility index (Phi) is 2.51. The van der Waals surface area contributed by atoms with Gasteiger partial charge in [-0.3, -0.25) is 4.90 Å². The molecule has 0 radical (unpaired) electrons. The lowest BCUT2D eigenvalue weighted by molar-refractivity contribution is 0.276. The number of hydrogen-bond donors (Lipinski definition) is 0. The Morgan fingerprint density at radius 1 is 1.45 bits per heavy atom. The van der Waals surface area contributed by atoms with Gasteiger partial charge in [-0.2, -0.15) is 5.26 Å². The Labute approximate surface area is 68.8 Å².